The van der Waals surface area contributed by atoms with Crippen molar-refractivity contribution in [2.75, 3.05) is 14.2 Å². The highest BCUT2D eigenvalue weighted by molar-refractivity contribution is 5.95. The van der Waals surface area contributed by atoms with Crippen molar-refractivity contribution in [2.45, 2.75) is 0 Å². The summed E-state index contributed by atoms with van der Waals surface area (Å²) in [4.78, 5) is 0. The van der Waals surface area contributed by atoms with Gasteiger partial charge in [-0.1, -0.05) is 18.7 Å². The minimum atomic E-state index is 0.837. The molecule has 2 rings (SSSR count). The molecule has 2 aromatic rings. The lowest BCUT2D eigenvalue weighted by molar-refractivity contribution is 0.414. The summed E-state index contributed by atoms with van der Waals surface area (Å²) in [5, 5.41) is 2.16. The number of hydrogen-bond acceptors (Lipinski definition) is 2. The summed E-state index contributed by atoms with van der Waals surface area (Å²) < 4.78 is 10.5. The standard InChI is InChI=1S/C14H14O2/c1-4-10-5-8-14(16-3)12-7-6-11(15-2)9-13(10)12/h4-9H,1H2,2-3H3. The third-order valence-corrected chi connectivity index (χ3v) is 2.66. The average Bonchev–Trinajstić information content (AvgIpc) is 2.36. The Bertz CT molecular complexity index is 529. The third-order valence-electron chi connectivity index (χ3n) is 2.66. The van der Waals surface area contributed by atoms with Crippen LogP contribution in [0.5, 0.6) is 11.5 Å². The van der Waals surface area contributed by atoms with E-state index in [1.807, 2.05) is 36.4 Å². The van der Waals surface area contributed by atoms with Gasteiger partial charge in [0.1, 0.15) is 11.5 Å². The second kappa shape index (κ2) is 4.27. The first-order valence-corrected chi connectivity index (χ1v) is 5.07. The Balaban J connectivity index is 2.79. The van der Waals surface area contributed by atoms with Gasteiger partial charge in [-0.2, -0.15) is 0 Å². The molecule has 0 N–H and O–H groups in total. The molecular formula is C14H14O2. The van der Waals surface area contributed by atoms with Crippen molar-refractivity contribution in [3.05, 3.63) is 42.5 Å². The van der Waals surface area contributed by atoms with Gasteiger partial charge in [0.05, 0.1) is 14.2 Å². The Kier molecular flexibility index (Phi) is 2.82. The average molecular weight is 214 g/mol. The summed E-state index contributed by atoms with van der Waals surface area (Å²) in [6, 6.07) is 9.87. The van der Waals surface area contributed by atoms with Gasteiger partial charge in [-0.05, 0) is 35.2 Å². The van der Waals surface area contributed by atoms with E-state index in [4.69, 9.17) is 9.47 Å². The van der Waals surface area contributed by atoms with Crippen LogP contribution in [0.1, 0.15) is 5.56 Å². The number of hydrogen-bond donors (Lipinski definition) is 0. The highest BCUT2D eigenvalue weighted by atomic mass is 16.5. The number of methoxy groups -OCH3 is 2. The molecule has 0 fully saturated rings. The van der Waals surface area contributed by atoms with E-state index in [1.165, 1.54) is 0 Å². The molecule has 0 unspecified atom stereocenters. The Hall–Kier alpha value is -1.96. The Labute approximate surface area is 95.1 Å². The van der Waals surface area contributed by atoms with Gasteiger partial charge in [0.25, 0.3) is 0 Å². The molecule has 0 spiro atoms. The summed E-state index contributed by atoms with van der Waals surface area (Å²) in [6.45, 7) is 3.81. The molecule has 2 heteroatoms. The molecule has 82 valence electrons. The lowest BCUT2D eigenvalue weighted by atomic mass is 10.0. The zero-order valence-corrected chi connectivity index (χ0v) is 9.49. The molecule has 2 nitrogen and oxygen atoms in total. The van der Waals surface area contributed by atoms with Crippen molar-refractivity contribution in [3.8, 4) is 11.5 Å². The van der Waals surface area contributed by atoms with Crippen LogP contribution >= 0.6 is 0 Å². The fourth-order valence-electron chi connectivity index (χ4n) is 1.81. The van der Waals surface area contributed by atoms with Crippen molar-refractivity contribution >= 4 is 16.8 Å². The smallest absolute Gasteiger partial charge is 0.126 e. The Morgan fingerprint density at radius 2 is 1.81 bits per heavy atom. The van der Waals surface area contributed by atoms with Crippen molar-refractivity contribution in [3.63, 3.8) is 0 Å². The maximum Gasteiger partial charge on any atom is 0.126 e. The fourth-order valence-corrected chi connectivity index (χ4v) is 1.81. The van der Waals surface area contributed by atoms with Crippen LogP contribution in [0.3, 0.4) is 0 Å². The van der Waals surface area contributed by atoms with E-state index in [1.54, 1.807) is 14.2 Å². The van der Waals surface area contributed by atoms with Crippen molar-refractivity contribution < 1.29 is 9.47 Å². The van der Waals surface area contributed by atoms with Gasteiger partial charge in [-0.15, -0.1) is 0 Å². The normalized spacial score (nSPS) is 10.1. The molecule has 0 saturated carbocycles. The molecule has 0 aromatic heterocycles. The quantitative estimate of drug-likeness (QED) is 0.778. The number of ether oxygens (including phenoxy) is 2. The number of fused-ring (bicyclic) bond motifs is 1. The molecule has 0 bridgehead atoms. The van der Waals surface area contributed by atoms with Crippen molar-refractivity contribution in [1.29, 1.82) is 0 Å². The van der Waals surface area contributed by atoms with Crippen LogP contribution in [0, 0.1) is 0 Å². The molecule has 0 aliphatic carbocycles. The molecule has 2 aromatic carbocycles. The van der Waals surface area contributed by atoms with Crippen LogP contribution in [-0.2, 0) is 0 Å². The molecule has 0 aliphatic rings. The van der Waals surface area contributed by atoms with Gasteiger partial charge < -0.3 is 9.47 Å². The van der Waals surface area contributed by atoms with Gasteiger partial charge >= 0.3 is 0 Å². The van der Waals surface area contributed by atoms with Gasteiger partial charge in [0.2, 0.25) is 0 Å². The first kappa shape index (κ1) is 10.6. The summed E-state index contributed by atoms with van der Waals surface area (Å²) in [5.74, 6) is 1.70. The molecule has 0 heterocycles. The monoisotopic (exact) mass is 214 g/mol. The lowest BCUT2D eigenvalue weighted by Gasteiger charge is -2.09. The van der Waals surface area contributed by atoms with Crippen LogP contribution in [0.15, 0.2) is 36.9 Å². The maximum atomic E-state index is 5.33. The first-order valence-electron chi connectivity index (χ1n) is 5.07. The molecule has 0 amide bonds. The number of benzene rings is 2. The molecule has 0 atom stereocenters. The number of rotatable bonds is 3. The summed E-state index contributed by atoms with van der Waals surface area (Å²) in [5.41, 5.74) is 1.08. The van der Waals surface area contributed by atoms with Crippen LogP contribution in [0.4, 0.5) is 0 Å². The molecule has 0 aliphatic heterocycles. The van der Waals surface area contributed by atoms with Crippen LogP contribution in [0.2, 0.25) is 0 Å². The SMILES string of the molecule is C=Cc1ccc(OC)c2ccc(OC)cc12. The Morgan fingerprint density at radius 3 is 2.44 bits per heavy atom. The van der Waals surface area contributed by atoms with Crippen LogP contribution < -0.4 is 9.47 Å². The Morgan fingerprint density at radius 1 is 1.00 bits per heavy atom. The van der Waals surface area contributed by atoms with E-state index in [9.17, 15) is 0 Å². The zero-order chi connectivity index (χ0) is 11.5. The molecule has 0 radical (unpaired) electrons. The van der Waals surface area contributed by atoms with E-state index < -0.39 is 0 Å². The topological polar surface area (TPSA) is 18.5 Å². The summed E-state index contributed by atoms with van der Waals surface area (Å²) >= 11 is 0. The maximum absolute atomic E-state index is 5.33. The highest BCUT2D eigenvalue weighted by Crippen LogP contribution is 2.31. The van der Waals surface area contributed by atoms with E-state index in [0.29, 0.717) is 0 Å². The predicted octanol–water partition coefficient (Wildman–Crippen LogP) is 3.50. The van der Waals surface area contributed by atoms with Crippen molar-refractivity contribution in [2.24, 2.45) is 0 Å². The summed E-state index contributed by atoms with van der Waals surface area (Å²) in [7, 11) is 3.33. The molecule has 16 heavy (non-hydrogen) atoms. The minimum absolute atomic E-state index is 0.837. The third kappa shape index (κ3) is 1.63. The molecule has 0 saturated heterocycles. The van der Waals surface area contributed by atoms with Gasteiger partial charge in [0.15, 0.2) is 0 Å². The zero-order valence-electron chi connectivity index (χ0n) is 9.49. The van der Waals surface area contributed by atoms with E-state index in [2.05, 4.69) is 6.58 Å². The van der Waals surface area contributed by atoms with E-state index in [-0.39, 0.29) is 0 Å². The lowest BCUT2D eigenvalue weighted by Crippen LogP contribution is -1.88. The fraction of sp³-hybridized carbons (Fsp3) is 0.143. The first-order chi connectivity index (χ1) is 7.80. The van der Waals surface area contributed by atoms with E-state index in [0.717, 1.165) is 27.8 Å². The van der Waals surface area contributed by atoms with Crippen molar-refractivity contribution in [1.82, 2.24) is 0 Å². The minimum Gasteiger partial charge on any atom is -0.497 e. The highest BCUT2D eigenvalue weighted by Gasteiger charge is 2.05. The largest absolute Gasteiger partial charge is 0.497 e. The van der Waals surface area contributed by atoms with Gasteiger partial charge in [0, 0.05) is 5.39 Å². The second-order valence-corrected chi connectivity index (χ2v) is 3.47. The van der Waals surface area contributed by atoms with Crippen LogP contribution in [0.25, 0.3) is 16.8 Å². The van der Waals surface area contributed by atoms with Crippen LogP contribution in [-0.4, -0.2) is 14.2 Å². The molecular weight excluding hydrogens is 200 g/mol. The second-order valence-electron chi connectivity index (χ2n) is 3.47. The van der Waals surface area contributed by atoms with Gasteiger partial charge in [-0.3, -0.25) is 0 Å². The van der Waals surface area contributed by atoms with E-state index >= 15 is 0 Å². The predicted molar refractivity (Wildman–Crippen MR) is 67.1 cm³/mol. The van der Waals surface area contributed by atoms with Gasteiger partial charge in [-0.25, -0.2) is 0 Å². The summed E-state index contributed by atoms with van der Waals surface area (Å²) in [6.07, 6.45) is 1.83.